The fourth-order valence-corrected chi connectivity index (χ4v) is 5.53. The van der Waals surface area contributed by atoms with Crippen LogP contribution in [0.2, 0.25) is 5.15 Å². The predicted octanol–water partition coefficient (Wildman–Crippen LogP) is 2.39. The van der Waals surface area contributed by atoms with E-state index in [0.717, 1.165) is 53.2 Å². The molecule has 0 spiro atoms. The third-order valence-electron chi connectivity index (χ3n) is 6.08. The van der Waals surface area contributed by atoms with Gasteiger partial charge in [0, 0.05) is 49.2 Å². The number of nitrogens with one attached hydrogen (secondary N) is 1. The van der Waals surface area contributed by atoms with Crippen molar-refractivity contribution in [1.29, 1.82) is 0 Å². The second-order valence-electron chi connectivity index (χ2n) is 8.20. The zero-order valence-corrected chi connectivity index (χ0v) is 19.0. The van der Waals surface area contributed by atoms with Crippen molar-refractivity contribution in [2.75, 3.05) is 35.8 Å². The van der Waals surface area contributed by atoms with Gasteiger partial charge in [0.15, 0.2) is 0 Å². The maximum absolute atomic E-state index is 12.1. The number of fused-ring (bicyclic) bond motifs is 2. The number of rotatable bonds is 3. The molecule has 0 aliphatic carbocycles. The Hall–Kier alpha value is -2.43. The summed E-state index contributed by atoms with van der Waals surface area (Å²) in [5.41, 5.74) is 3.81. The maximum atomic E-state index is 12.1. The molecule has 2 aliphatic rings. The molecule has 1 saturated heterocycles. The first-order chi connectivity index (χ1) is 14.8. The van der Waals surface area contributed by atoms with Crippen LogP contribution in [-0.4, -0.2) is 64.7 Å². The predicted molar refractivity (Wildman–Crippen MR) is 121 cm³/mol. The first-order valence-electron chi connectivity index (χ1n) is 10.2. The van der Waals surface area contributed by atoms with Crippen molar-refractivity contribution in [2.45, 2.75) is 32.4 Å². The minimum Gasteiger partial charge on any atom is -0.363 e. The van der Waals surface area contributed by atoms with Gasteiger partial charge in [-0.2, -0.15) is 4.31 Å². The number of anilines is 2. The average molecular weight is 462 g/mol. The van der Waals surface area contributed by atoms with Crippen LogP contribution in [0.5, 0.6) is 0 Å². The molecule has 11 heteroatoms. The topological polar surface area (TPSA) is 98.3 Å². The number of pyridine rings is 1. The lowest BCUT2D eigenvalue weighted by atomic mass is 9.98. The fourth-order valence-electron chi connectivity index (χ4n) is 4.53. The van der Waals surface area contributed by atoms with E-state index in [1.807, 2.05) is 23.2 Å². The third kappa shape index (κ3) is 3.72. The number of halogens is 1. The zero-order valence-electron chi connectivity index (χ0n) is 17.4. The molecule has 0 unspecified atom stereocenters. The van der Waals surface area contributed by atoms with E-state index in [4.69, 9.17) is 11.6 Å². The van der Waals surface area contributed by atoms with Gasteiger partial charge in [-0.3, -0.25) is 0 Å². The van der Waals surface area contributed by atoms with Crippen LogP contribution in [0, 0.1) is 0 Å². The van der Waals surface area contributed by atoms with E-state index in [1.54, 1.807) is 6.33 Å². The summed E-state index contributed by atoms with van der Waals surface area (Å²) in [6.45, 7) is 4.38. The molecule has 31 heavy (non-hydrogen) atoms. The van der Waals surface area contributed by atoms with Gasteiger partial charge in [0.25, 0.3) is 0 Å². The molecule has 2 aliphatic heterocycles. The lowest BCUT2D eigenvalue weighted by Gasteiger charge is -2.40. The SMILES string of the molecule is C[C@@H]1Cc2ncnc(N3CCCN(S(C)(=O)=O)C3)c2CN1c1cc(Cl)nc2[nH]ccc12. The number of aromatic amines is 1. The Morgan fingerprint density at radius 2 is 2.10 bits per heavy atom. The number of hydrogen-bond donors (Lipinski definition) is 1. The van der Waals surface area contributed by atoms with Crippen molar-refractivity contribution >= 4 is 44.2 Å². The molecular formula is C20H24ClN7O2S. The average Bonchev–Trinajstić information content (AvgIpc) is 3.20. The van der Waals surface area contributed by atoms with Crippen LogP contribution in [0.4, 0.5) is 11.5 Å². The van der Waals surface area contributed by atoms with Crippen LogP contribution in [0.15, 0.2) is 24.7 Å². The molecule has 0 saturated carbocycles. The Balaban J connectivity index is 1.54. The summed E-state index contributed by atoms with van der Waals surface area (Å²) < 4.78 is 25.7. The van der Waals surface area contributed by atoms with E-state index in [0.29, 0.717) is 24.9 Å². The Bertz CT molecular complexity index is 1250. The van der Waals surface area contributed by atoms with Gasteiger partial charge in [-0.25, -0.2) is 23.4 Å². The smallest absolute Gasteiger partial charge is 0.212 e. The van der Waals surface area contributed by atoms with Gasteiger partial charge < -0.3 is 14.8 Å². The highest BCUT2D eigenvalue weighted by Crippen LogP contribution is 2.36. The minimum atomic E-state index is -3.26. The highest BCUT2D eigenvalue weighted by atomic mass is 35.5. The van der Waals surface area contributed by atoms with Gasteiger partial charge in [0.05, 0.1) is 24.3 Å². The largest absolute Gasteiger partial charge is 0.363 e. The van der Waals surface area contributed by atoms with Crippen molar-refractivity contribution in [3.63, 3.8) is 0 Å². The normalized spacial score (nSPS) is 20.3. The number of sulfonamides is 1. The Kier molecular flexibility index (Phi) is 5.03. The highest BCUT2D eigenvalue weighted by Gasteiger charge is 2.32. The van der Waals surface area contributed by atoms with Crippen LogP contribution < -0.4 is 9.80 Å². The molecule has 5 heterocycles. The molecule has 9 nitrogen and oxygen atoms in total. The van der Waals surface area contributed by atoms with Crippen molar-refractivity contribution in [1.82, 2.24) is 24.2 Å². The molecule has 5 rings (SSSR count). The molecular weight excluding hydrogens is 438 g/mol. The maximum Gasteiger partial charge on any atom is 0.212 e. The minimum absolute atomic E-state index is 0.209. The number of H-pyrrole nitrogens is 1. The van der Waals surface area contributed by atoms with Gasteiger partial charge in [-0.05, 0) is 25.5 Å². The fraction of sp³-hybridized carbons (Fsp3) is 0.450. The summed E-state index contributed by atoms with van der Waals surface area (Å²) >= 11 is 6.31. The van der Waals surface area contributed by atoms with Crippen molar-refractivity contribution in [3.8, 4) is 0 Å². The summed E-state index contributed by atoms with van der Waals surface area (Å²) in [7, 11) is -3.26. The van der Waals surface area contributed by atoms with E-state index in [1.165, 1.54) is 10.6 Å². The van der Waals surface area contributed by atoms with E-state index in [2.05, 4.69) is 31.8 Å². The van der Waals surface area contributed by atoms with E-state index in [9.17, 15) is 8.42 Å². The Morgan fingerprint density at radius 3 is 2.90 bits per heavy atom. The first-order valence-corrected chi connectivity index (χ1v) is 12.5. The van der Waals surface area contributed by atoms with E-state index < -0.39 is 10.0 Å². The molecule has 1 atom stereocenters. The second kappa shape index (κ2) is 7.61. The van der Waals surface area contributed by atoms with Crippen molar-refractivity contribution < 1.29 is 8.42 Å². The summed E-state index contributed by atoms with van der Waals surface area (Å²) in [5, 5.41) is 1.45. The molecule has 0 aromatic carbocycles. The van der Waals surface area contributed by atoms with E-state index >= 15 is 0 Å². The Labute approximate surface area is 186 Å². The van der Waals surface area contributed by atoms with Crippen molar-refractivity contribution in [3.05, 3.63) is 41.1 Å². The molecule has 0 radical (unpaired) electrons. The summed E-state index contributed by atoms with van der Waals surface area (Å²) in [4.78, 5) is 21.0. The molecule has 3 aromatic rings. The van der Waals surface area contributed by atoms with Gasteiger partial charge in [0.1, 0.15) is 22.9 Å². The molecule has 0 amide bonds. The number of hydrogen-bond acceptors (Lipinski definition) is 7. The van der Waals surface area contributed by atoms with Crippen LogP contribution in [0.1, 0.15) is 24.6 Å². The third-order valence-corrected chi connectivity index (χ3v) is 7.51. The standard InChI is InChI=1S/C20H24ClN7O2S/c1-13-8-16-15(10-28(13)17-9-18(21)25-19-14(17)4-5-22-19)20(24-11-23-16)26-6-3-7-27(12-26)31(2,29)30/h4-5,9,11,13H,3,6-8,10,12H2,1-2H3,(H,22,25)/t13-/m1/s1. The second-order valence-corrected chi connectivity index (χ2v) is 10.6. The van der Waals surface area contributed by atoms with Gasteiger partial charge in [-0.1, -0.05) is 11.6 Å². The Morgan fingerprint density at radius 1 is 1.26 bits per heavy atom. The van der Waals surface area contributed by atoms with Crippen LogP contribution in [0.25, 0.3) is 11.0 Å². The summed E-state index contributed by atoms with van der Waals surface area (Å²) in [5.74, 6) is 0.806. The van der Waals surface area contributed by atoms with Crippen LogP contribution in [0.3, 0.4) is 0 Å². The molecule has 164 valence electrons. The molecule has 1 fully saturated rings. The quantitative estimate of drug-likeness (QED) is 0.598. The molecule has 0 bridgehead atoms. The molecule has 3 aromatic heterocycles. The van der Waals surface area contributed by atoms with Crippen LogP contribution in [-0.2, 0) is 23.0 Å². The number of nitrogens with zero attached hydrogens (tertiary/aromatic N) is 6. The number of aromatic nitrogens is 4. The monoisotopic (exact) mass is 461 g/mol. The zero-order chi connectivity index (χ0) is 21.8. The molecule has 1 N–H and O–H groups in total. The van der Waals surface area contributed by atoms with Gasteiger partial charge in [0.2, 0.25) is 10.0 Å². The van der Waals surface area contributed by atoms with Gasteiger partial charge in [-0.15, -0.1) is 0 Å². The van der Waals surface area contributed by atoms with Gasteiger partial charge >= 0.3 is 0 Å². The summed E-state index contributed by atoms with van der Waals surface area (Å²) in [6, 6.07) is 4.11. The van der Waals surface area contributed by atoms with Crippen molar-refractivity contribution in [2.24, 2.45) is 0 Å². The highest BCUT2D eigenvalue weighted by molar-refractivity contribution is 7.88. The van der Waals surface area contributed by atoms with Crippen LogP contribution >= 0.6 is 11.6 Å². The summed E-state index contributed by atoms with van der Waals surface area (Å²) in [6.07, 6.45) is 6.23. The lowest BCUT2D eigenvalue weighted by Crippen LogP contribution is -2.48. The lowest BCUT2D eigenvalue weighted by molar-refractivity contribution is 0.363. The van der Waals surface area contributed by atoms with E-state index in [-0.39, 0.29) is 6.04 Å². The first kappa shape index (κ1) is 20.5.